The first-order valence-corrected chi connectivity index (χ1v) is 37.3. The second kappa shape index (κ2) is 56.1. The number of unbranched alkanes of at least 4 members (excludes halogenated alkanes) is 27. The number of rotatable bonds is 63. The normalized spacial score (nSPS) is 15.0. The highest BCUT2D eigenvalue weighted by atomic mass is 31.2. The van der Waals surface area contributed by atoms with E-state index in [1.807, 2.05) is 0 Å². The van der Waals surface area contributed by atoms with Crippen molar-refractivity contribution < 1.29 is 80.2 Å². The standard InChI is InChI=1S/C66H128O17P2/c1-9-58(7)44-36-28-22-24-31-39-47-64(69)77-53-61(82-65(70)48-40-32-21-16-12-11-14-18-26-34-42-56(3)4)54-80-84(72,73)78-50-60(67)51-79-85(74,75)81-55-62(83-66(71)49-41-33-25-23-29-37-45-59(8)10-2)52-76-63(68)46-38-30-20-17-13-15-19-27-35-43-57(5)6/h56-62,67H,9-55H2,1-8H3,(H,72,73)(H,74,75)/t58?,59?,60-,61+,62+/m0/s1. The van der Waals surface area contributed by atoms with Crippen LogP contribution in [0.1, 0.15) is 319 Å². The zero-order valence-electron chi connectivity index (χ0n) is 55.2. The third kappa shape index (κ3) is 58.2. The van der Waals surface area contributed by atoms with Crippen LogP contribution < -0.4 is 0 Å². The molecule has 0 aliphatic rings. The van der Waals surface area contributed by atoms with Crippen LogP contribution in [-0.2, 0) is 65.4 Å². The third-order valence-corrected chi connectivity index (χ3v) is 17.7. The third-order valence-electron chi connectivity index (χ3n) is 15.8. The molecule has 0 spiro atoms. The molecule has 4 unspecified atom stereocenters. The van der Waals surface area contributed by atoms with Crippen LogP contribution in [0.15, 0.2) is 0 Å². The van der Waals surface area contributed by atoms with E-state index in [-0.39, 0.29) is 25.7 Å². The van der Waals surface area contributed by atoms with Crippen LogP contribution >= 0.6 is 15.6 Å². The zero-order chi connectivity index (χ0) is 63.2. The van der Waals surface area contributed by atoms with Gasteiger partial charge in [-0.15, -0.1) is 0 Å². The summed E-state index contributed by atoms with van der Waals surface area (Å²) < 4.78 is 68.1. The average Bonchev–Trinajstić information content (AvgIpc) is 3.56. The summed E-state index contributed by atoms with van der Waals surface area (Å²) in [5.41, 5.74) is 0. The van der Waals surface area contributed by atoms with Crippen LogP contribution in [-0.4, -0.2) is 96.7 Å². The minimum atomic E-state index is -4.95. The fourth-order valence-electron chi connectivity index (χ4n) is 9.72. The molecule has 0 radical (unpaired) electrons. The molecule has 0 saturated heterocycles. The van der Waals surface area contributed by atoms with Gasteiger partial charge in [0.2, 0.25) is 0 Å². The summed E-state index contributed by atoms with van der Waals surface area (Å²) in [4.78, 5) is 72.3. The van der Waals surface area contributed by atoms with Crippen molar-refractivity contribution in [2.75, 3.05) is 39.6 Å². The number of esters is 4. The lowest BCUT2D eigenvalue weighted by Crippen LogP contribution is -2.30. The molecule has 0 fully saturated rings. The molecule has 0 aromatic rings. The summed E-state index contributed by atoms with van der Waals surface area (Å²) in [5.74, 6) is 0.808. The first-order valence-electron chi connectivity index (χ1n) is 34.3. The van der Waals surface area contributed by atoms with Crippen molar-refractivity contribution in [1.29, 1.82) is 0 Å². The number of hydrogen-bond acceptors (Lipinski definition) is 15. The van der Waals surface area contributed by atoms with Gasteiger partial charge in [-0.3, -0.25) is 37.3 Å². The second-order valence-corrected chi connectivity index (χ2v) is 28.2. The van der Waals surface area contributed by atoms with Crippen LogP contribution in [0, 0.1) is 23.7 Å². The van der Waals surface area contributed by atoms with Gasteiger partial charge in [0.1, 0.15) is 19.3 Å². The van der Waals surface area contributed by atoms with Crippen LogP contribution in [0.5, 0.6) is 0 Å². The minimum Gasteiger partial charge on any atom is -0.462 e. The van der Waals surface area contributed by atoms with Crippen molar-refractivity contribution >= 4 is 39.5 Å². The Morgan fingerprint density at radius 1 is 0.329 bits per heavy atom. The van der Waals surface area contributed by atoms with Gasteiger partial charge in [0.25, 0.3) is 0 Å². The molecule has 0 aliphatic carbocycles. The maximum Gasteiger partial charge on any atom is 0.472 e. The van der Waals surface area contributed by atoms with Gasteiger partial charge in [0.15, 0.2) is 12.2 Å². The van der Waals surface area contributed by atoms with Crippen molar-refractivity contribution in [3.8, 4) is 0 Å². The lowest BCUT2D eigenvalue weighted by Gasteiger charge is -2.21. The number of carbonyl (C=O) groups excluding carboxylic acids is 4. The highest BCUT2D eigenvalue weighted by Gasteiger charge is 2.30. The summed E-state index contributed by atoms with van der Waals surface area (Å²) in [5, 5.41) is 10.6. The van der Waals surface area contributed by atoms with Crippen molar-refractivity contribution in [3.05, 3.63) is 0 Å². The smallest absolute Gasteiger partial charge is 0.462 e. The molecule has 0 aromatic carbocycles. The van der Waals surface area contributed by atoms with E-state index in [0.717, 1.165) is 120 Å². The van der Waals surface area contributed by atoms with Gasteiger partial charge in [-0.1, -0.05) is 267 Å². The van der Waals surface area contributed by atoms with Crippen LogP contribution in [0.2, 0.25) is 0 Å². The van der Waals surface area contributed by atoms with Gasteiger partial charge in [-0.2, -0.15) is 0 Å². The van der Waals surface area contributed by atoms with E-state index in [9.17, 15) is 43.2 Å². The van der Waals surface area contributed by atoms with Crippen molar-refractivity contribution in [2.24, 2.45) is 23.7 Å². The molecule has 0 aromatic heterocycles. The van der Waals surface area contributed by atoms with E-state index in [1.54, 1.807) is 0 Å². The highest BCUT2D eigenvalue weighted by Crippen LogP contribution is 2.45. The maximum absolute atomic E-state index is 13.0. The number of phosphoric ester groups is 2. The largest absolute Gasteiger partial charge is 0.472 e. The van der Waals surface area contributed by atoms with Crippen LogP contribution in [0.3, 0.4) is 0 Å². The van der Waals surface area contributed by atoms with Gasteiger partial charge < -0.3 is 33.8 Å². The van der Waals surface area contributed by atoms with Crippen LogP contribution in [0.25, 0.3) is 0 Å². The van der Waals surface area contributed by atoms with Crippen molar-refractivity contribution in [2.45, 2.75) is 337 Å². The molecule has 0 heterocycles. The number of hydrogen-bond donors (Lipinski definition) is 3. The molecule has 7 atom stereocenters. The van der Waals surface area contributed by atoms with Gasteiger partial charge in [0.05, 0.1) is 26.4 Å². The molecule has 0 rings (SSSR count). The molecule has 0 saturated carbocycles. The topological polar surface area (TPSA) is 237 Å². The Balaban J connectivity index is 5.26. The summed E-state index contributed by atoms with van der Waals surface area (Å²) in [6.07, 6.45) is 36.2. The molecule has 0 bridgehead atoms. The number of phosphoric acid groups is 2. The molecule has 19 heteroatoms. The summed E-state index contributed by atoms with van der Waals surface area (Å²) in [6.45, 7) is 14.0. The predicted molar refractivity (Wildman–Crippen MR) is 340 cm³/mol. The van der Waals surface area contributed by atoms with Gasteiger partial charge in [-0.05, 0) is 49.4 Å². The first kappa shape index (κ1) is 83.1. The molecular formula is C66H128O17P2. The first-order chi connectivity index (χ1) is 40.7. The molecule has 3 N–H and O–H groups in total. The quantitative estimate of drug-likeness (QED) is 0.0222. The summed E-state index contributed by atoms with van der Waals surface area (Å²) in [7, 11) is -9.89. The Hall–Kier alpha value is -1.94. The van der Waals surface area contributed by atoms with E-state index < -0.39 is 97.5 Å². The molecule has 504 valence electrons. The SMILES string of the molecule is CCC(C)CCCCCCCCC(=O)OC[C@H](COP(=O)(O)OC[C@H](O)COP(=O)(O)OC[C@@H](COC(=O)CCCCCCCCCCCC(C)C)OC(=O)CCCCCCCCC(C)CC)OC(=O)CCCCCCCCCCCCC(C)C. The number of aliphatic hydroxyl groups is 1. The van der Waals surface area contributed by atoms with Crippen molar-refractivity contribution in [1.82, 2.24) is 0 Å². The number of ether oxygens (including phenoxy) is 4. The Morgan fingerprint density at radius 3 is 0.835 bits per heavy atom. The predicted octanol–water partition coefficient (Wildman–Crippen LogP) is 18.1. The molecule has 0 aliphatic heterocycles. The Morgan fingerprint density at radius 2 is 0.565 bits per heavy atom. The highest BCUT2D eigenvalue weighted by molar-refractivity contribution is 7.47. The Kier molecular flexibility index (Phi) is 54.8. The van der Waals surface area contributed by atoms with Crippen molar-refractivity contribution in [3.63, 3.8) is 0 Å². The molecule has 17 nitrogen and oxygen atoms in total. The molecular weight excluding hydrogens is 1130 g/mol. The minimum absolute atomic E-state index is 0.102. The monoisotopic (exact) mass is 1250 g/mol. The lowest BCUT2D eigenvalue weighted by molar-refractivity contribution is -0.161. The van der Waals surface area contributed by atoms with E-state index in [0.29, 0.717) is 25.7 Å². The second-order valence-electron chi connectivity index (χ2n) is 25.3. The van der Waals surface area contributed by atoms with Gasteiger partial charge in [0, 0.05) is 25.7 Å². The van der Waals surface area contributed by atoms with Crippen LogP contribution in [0.4, 0.5) is 0 Å². The Labute approximate surface area is 517 Å². The molecule has 0 amide bonds. The fraction of sp³-hybridized carbons (Fsp3) is 0.939. The average molecular weight is 1260 g/mol. The van der Waals surface area contributed by atoms with E-state index in [2.05, 4.69) is 55.4 Å². The number of carbonyl (C=O) groups is 4. The molecule has 85 heavy (non-hydrogen) atoms. The van der Waals surface area contributed by atoms with E-state index in [4.69, 9.17) is 37.0 Å². The zero-order valence-corrected chi connectivity index (χ0v) is 57.0. The van der Waals surface area contributed by atoms with E-state index in [1.165, 1.54) is 116 Å². The summed E-state index contributed by atoms with van der Waals surface area (Å²) in [6, 6.07) is 0. The number of aliphatic hydroxyl groups excluding tert-OH is 1. The summed E-state index contributed by atoms with van der Waals surface area (Å²) >= 11 is 0. The van der Waals surface area contributed by atoms with E-state index >= 15 is 0 Å². The lowest BCUT2D eigenvalue weighted by atomic mass is 10.00. The fourth-order valence-corrected chi connectivity index (χ4v) is 11.3. The van der Waals surface area contributed by atoms with Gasteiger partial charge >= 0.3 is 39.5 Å². The maximum atomic E-state index is 13.0. The van der Waals surface area contributed by atoms with Gasteiger partial charge in [-0.25, -0.2) is 9.13 Å². The Bertz CT molecular complexity index is 1700.